The highest BCUT2D eigenvalue weighted by Crippen LogP contribution is 2.27. The van der Waals surface area contributed by atoms with Crippen molar-refractivity contribution in [3.05, 3.63) is 59.7 Å². The molecular formula is C25H33N3O5S. The summed E-state index contributed by atoms with van der Waals surface area (Å²) in [4.78, 5) is 24.6. The molecule has 0 spiro atoms. The predicted molar refractivity (Wildman–Crippen MR) is 130 cm³/mol. The van der Waals surface area contributed by atoms with Crippen LogP contribution in [0.5, 0.6) is 5.75 Å². The molecule has 2 amide bonds. The lowest BCUT2D eigenvalue weighted by atomic mass is 10.0. The number of piperidine rings is 1. The van der Waals surface area contributed by atoms with Crippen LogP contribution in [0.3, 0.4) is 0 Å². The molecule has 2 aromatic rings. The van der Waals surface area contributed by atoms with E-state index in [1.54, 1.807) is 35.7 Å². The van der Waals surface area contributed by atoms with E-state index in [9.17, 15) is 18.0 Å². The summed E-state index contributed by atoms with van der Waals surface area (Å²) in [5.41, 5.74) is 2.02. The highest BCUT2D eigenvalue weighted by Gasteiger charge is 2.33. The number of carbonyl (C=O) groups excluding carboxylic acids is 2. The van der Waals surface area contributed by atoms with Crippen LogP contribution < -0.4 is 15.4 Å². The molecule has 8 nitrogen and oxygen atoms in total. The Balaban J connectivity index is 1.46. The van der Waals surface area contributed by atoms with Crippen molar-refractivity contribution >= 4 is 21.8 Å². The normalized spacial score (nSPS) is 16.6. The fourth-order valence-electron chi connectivity index (χ4n) is 4.05. The van der Waals surface area contributed by atoms with Gasteiger partial charge in [-0.1, -0.05) is 36.2 Å². The molecule has 34 heavy (non-hydrogen) atoms. The van der Waals surface area contributed by atoms with Crippen molar-refractivity contribution in [1.29, 1.82) is 0 Å². The molecule has 0 unspecified atom stereocenters. The monoisotopic (exact) mass is 487 g/mol. The summed E-state index contributed by atoms with van der Waals surface area (Å²) >= 11 is 0. The minimum Gasteiger partial charge on any atom is -0.497 e. The van der Waals surface area contributed by atoms with Crippen molar-refractivity contribution in [2.24, 2.45) is 0 Å². The number of methoxy groups -OCH3 is 1. The molecule has 1 saturated heterocycles. The number of hydrogen-bond acceptors (Lipinski definition) is 5. The van der Waals surface area contributed by atoms with Crippen molar-refractivity contribution in [1.82, 2.24) is 14.9 Å². The Labute approximate surface area is 201 Å². The maximum Gasteiger partial charge on any atom is 0.309 e. The van der Waals surface area contributed by atoms with Gasteiger partial charge in [0.25, 0.3) is 0 Å². The molecule has 3 rings (SSSR count). The SMILES string of the molecule is COc1ccc(CCNC(=O)C(=O)NCC[C@H]2CCCCN2S(=O)(=O)c2ccc(C)cc2)cc1. The van der Waals surface area contributed by atoms with E-state index >= 15 is 0 Å². The molecule has 9 heteroatoms. The quantitative estimate of drug-likeness (QED) is 0.529. The Morgan fingerprint density at radius 3 is 2.26 bits per heavy atom. The van der Waals surface area contributed by atoms with Crippen LogP contribution in [0.4, 0.5) is 0 Å². The van der Waals surface area contributed by atoms with Gasteiger partial charge >= 0.3 is 11.8 Å². The molecule has 0 radical (unpaired) electrons. The molecule has 1 heterocycles. The zero-order chi connectivity index (χ0) is 24.6. The second-order valence-corrected chi connectivity index (χ2v) is 10.4. The second kappa shape index (κ2) is 12.0. The Bertz CT molecular complexity index is 1070. The summed E-state index contributed by atoms with van der Waals surface area (Å²) in [5, 5.41) is 5.24. The molecule has 2 N–H and O–H groups in total. The van der Waals surface area contributed by atoms with Crippen LogP contribution >= 0.6 is 0 Å². The zero-order valence-corrected chi connectivity index (χ0v) is 20.6. The summed E-state index contributed by atoms with van der Waals surface area (Å²) in [6, 6.07) is 14.1. The van der Waals surface area contributed by atoms with Crippen LogP contribution in [0.1, 0.15) is 36.8 Å². The van der Waals surface area contributed by atoms with E-state index in [-0.39, 0.29) is 17.5 Å². The maximum atomic E-state index is 13.2. The van der Waals surface area contributed by atoms with E-state index in [0.29, 0.717) is 25.9 Å². The first-order valence-electron chi connectivity index (χ1n) is 11.6. The zero-order valence-electron chi connectivity index (χ0n) is 19.7. The summed E-state index contributed by atoms with van der Waals surface area (Å²) in [6.45, 7) is 2.94. The number of hydrogen-bond donors (Lipinski definition) is 2. The van der Waals surface area contributed by atoms with Gasteiger partial charge in [-0.05, 0) is 62.4 Å². The Hall–Kier alpha value is -2.91. The standard InChI is InChI=1S/C25H33N3O5S/c1-19-6-12-23(13-7-19)34(31,32)28-18-4-3-5-21(28)15-17-27-25(30)24(29)26-16-14-20-8-10-22(33-2)11-9-20/h6-13,21H,3-5,14-18H2,1-2H3,(H,26,29)(H,27,30)/t21-/m1/s1. The fraction of sp³-hybridized carbons (Fsp3) is 0.440. The lowest BCUT2D eigenvalue weighted by molar-refractivity contribution is -0.139. The van der Waals surface area contributed by atoms with Crippen LogP contribution in [0.25, 0.3) is 0 Å². The minimum absolute atomic E-state index is 0.210. The minimum atomic E-state index is -3.60. The average Bonchev–Trinajstić information content (AvgIpc) is 2.85. The molecule has 1 aliphatic heterocycles. The highest BCUT2D eigenvalue weighted by atomic mass is 32.2. The molecule has 2 aromatic carbocycles. The van der Waals surface area contributed by atoms with Crippen LogP contribution in [-0.4, -0.2) is 57.3 Å². The van der Waals surface area contributed by atoms with Crippen LogP contribution in [0, 0.1) is 6.92 Å². The lowest BCUT2D eigenvalue weighted by Crippen LogP contribution is -2.46. The molecule has 0 aromatic heterocycles. The number of benzene rings is 2. The number of ether oxygens (including phenoxy) is 1. The predicted octanol–water partition coefficient (Wildman–Crippen LogP) is 2.41. The molecule has 1 atom stereocenters. The highest BCUT2D eigenvalue weighted by molar-refractivity contribution is 7.89. The number of sulfonamides is 1. The van der Waals surface area contributed by atoms with E-state index in [0.717, 1.165) is 36.1 Å². The third kappa shape index (κ3) is 6.80. The van der Waals surface area contributed by atoms with Crippen LogP contribution in [0.15, 0.2) is 53.4 Å². The van der Waals surface area contributed by atoms with Gasteiger partial charge in [0, 0.05) is 25.7 Å². The molecule has 0 aliphatic carbocycles. The van der Waals surface area contributed by atoms with E-state index in [1.165, 1.54) is 0 Å². The third-order valence-corrected chi connectivity index (χ3v) is 7.99. The topological polar surface area (TPSA) is 105 Å². The van der Waals surface area contributed by atoms with Crippen LogP contribution in [0.2, 0.25) is 0 Å². The van der Waals surface area contributed by atoms with E-state index in [1.807, 2.05) is 31.2 Å². The van der Waals surface area contributed by atoms with E-state index in [4.69, 9.17) is 4.74 Å². The van der Waals surface area contributed by atoms with Crippen molar-refractivity contribution in [3.8, 4) is 5.75 Å². The summed E-state index contributed by atoms with van der Waals surface area (Å²) < 4.78 is 33.0. The Kier molecular flexibility index (Phi) is 9.06. The molecule has 0 saturated carbocycles. The maximum absolute atomic E-state index is 13.2. The van der Waals surface area contributed by atoms with Gasteiger partial charge in [-0.3, -0.25) is 9.59 Å². The number of nitrogens with one attached hydrogen (secondary N) is 2. The van der Waals surface area contributed by atoms with Gasteiger partial charge in [-0.15, -0.1) is 0 Å². The van der Waals surface area contributed by atoms with E-state index < -0.39 is 21.8 Å². The van der Waals surface area contributed by atoms with Gasteiger partial charge in [0.1, 0.15) is 5.75 Å². The van der Waals surface area contributed by atoms with Crippen molar-refractivity contribution in [3.63, 3.8) is 0 Å². The Morgan fingerprint density at radius 2 is 1.62 bits per heavy atom. The summed E-state index contributed by atoms with van der Waals surface area (Å²) in [5.74, 6) is -0.643. The summed E-state index contributed by atoms with van der Waals surface area (Å²) in [7, 11) is -2.00. The number of nitrogens with zero attached hydrogens (tertiary/aromatic N) is 1. The molecule has 1 aliphatic rings. The summed E-state index contributed by atoms with van der Waals surface area (Å²) in [6.07, 6.45) is 3.52. The number of amides is 2. The van der Waals surface area contributed by atoms with Crippen LogP contribution in [-0.2, 0) is 26.0 Å². The first-order valence-corrected chi connectivity index (χ1v) is 13.0. The van der Waals surface area contributed by atoms with Crippen molar-refractivity contribution < 1.29 is 22.7 Å². The molecule has 0 bridgehead atoms. The number of aryl methyl sites for hydroxylation is 1. The average molecular weight is 488 g/mol. The largest absolute Gasteiger partial charge is 0.497 e. The second-order valence-electron chi connectivity index (χ2n) is 8.48. The Morgan fingerprint density at radius 1 is 0.971 bits per heavy atom. The van der Waals surface area contributed by atoms with Gasteiger partial charge in [0.05, 0.1) is 12.0 Å². The van der Waals surface area contributed by atoms with E-state index in [2.05, 4.69) is 10.6 Å². The smallest absolute Gasteiger partial charge is 0.309 e. The van der Waals surface area contributed by atoms with Gasteiger partial charge in [0.2, 0.25) is 10.0 Å². The number of carbonyl (C=O) groups is 2. The van der Waals surface area contributed by atoms with Gasteiger partial charge in [-0.25, -0.2) is 8.42 Å². The molecule has 184 valence electrons. The van der Waals surface area contributed by atoms with Crippen molar-refractivity contribution in [2.75, 3.05) is 26.7 Å². The van der Waals surface area contributed by atoms with Gasteiger partial charge in [-0.2, -0.15) is 4.31 Å². The number of rotatable bonds is 9. The van der Waals surface area contributed by atoms with Gasteiger partial charge < -0.3 is 15.4 Å². The van der Waals surface area contributed by atoms with Gasteiger partial charge in [0.15, 0.2) is 0 Å². The fourth-order valence-corrected chi connectivity index (χ4v) is 5.77. The first kappa shape index (κ1) is 25.7. The lowest BCUT2D eigenvalue weighted by Gasteiger charge is -2.34. The third-order valence-electron chi connectivity index (χ3n) is 6.03. The first-order chi connectivity index (χ1) is 16.3. The molecular weight excluding hydrogens is 454 g/mol. The molecule has 1 fully saturated rings. The van der Waals surface area contributed by atoms with Crippen molar-refractivity contribution in [2.45, 2.75) is 50.0 Å².